The molecule has 1 heterocycles. The summed E-state index contributed by atoms with van der Waals surface area (Å²) in [4.78, 5) is 12.8. The SMILES string of the molecule is CCOc1ccc(NS(=O)(=O)c2ccc(NC(=O)[C@H]3CN(S(C)(=O)=O)c4ccccc4O3)cc2)cc1. The van der Waals surface area contributed by atoms with E-state index in [4.69, 9.17) is 9.47 Å². The lowest BCUT2D eigenvalue weighted by atomic mass is 10.2. The number of hydrogen-bond acceptors (Lipinski definition) is 7. The summed E-state index contributed by atoms with van der Waals surface area (Å²) < 4.78 is 64.7. The molecule has 0 fully saturated rings. The summed E-state index contributed by atoms with van der Waals surface area (Å²) in [6.45, 7) is 2.17. The van der Waals surface area contributed by atoms with Crippen molar-refractivity contribution in [2.24, 2.45) is 0 Å². The van der Waals surface area contributed by atoms with Crippen molar-refractivity contribution in [3.63, 3.8) is 0 Å². The minimum Gasteiger partial charge on any atom is -0.494 e. The molecule has 3 aromatic rings. The molecular formula is C24H25N3O7S2. The first kappa shape index (κ1) is 25.3. The Kier molecular flexibility index (Phi) is 7.09. The molecule has 4 rings (SSSR count). The number of benzene rings is 3. The van der Waals surface area contributed by atoms with Gasteiger partial charge in [0.25, 0.3) is 15.9 Å². The summed E-state index contributed by atoms with van der Waals surface area (Å²) >= 11 is 0. The number of carbonyl (C=O) groups is 1. The predicted octanol–water partition coefficient (Wildman–Crippen LogP) is 3.05. The molecule has 2 N–H and O–H groups in total. The van der Waals surface area contributed by atoms with E-state index in [1.807, 2.05) is 6.92 Å². The molecule has 1 aliphatic heterocycles. The number of carbonyl (C=O) groups excluding carboxylic acids is 1. The van der Waals surface area contributed by atoms with E-state index in [9.17, 15) is 21.6 Å². The lowest BCUT2D eigenvalue weighted by Crippen LogP contribution is -2.48. The van der Waals surface area contributed by atoms with Crippen LogP contribution < -0.4 is 23.8 Å². The molecule has 3 aromatic carbocycles. The van der Waals surface area contributed by atoms with Crippen LogP contribution in [0.1, 0.15) is 6.92 Å². The van der Waals surface area contributed by atoms with E-state index in [0.717, 1.165) is 10.6 Å². The zero-order chi connectivity index (χ0) is 25.9. The van der Waals surface area contributed by atoms with Crippen molar-refractivity contribution >= 4 is 43.0 Å². The lowest BCUT2D eigenvalue weighted by Gasteiger charge is -2.33. The molecule has 0 bridgehead atoms. The van der Waals surface area contributed by atoms with E-state index in [2.05, 4.69) is 10.0 Å². The number of sulfonamides is 2. The molecule has 0 aromatic heterocycles. The van der Waals surface area contributed by atoms with Gasteiger partial charge in [-0.1, -0.05) is 12.1 Å². The lowest BCUT2D eigenvalue weighted by molar-refractivity contribution is -0.122. The van der Waals surface area contributed by atoms with Gasteiger partial charge in [-0.2, -0.15) is 0 Å². The maximum atomic E-state index is 12.8. The first-order chi connectivity index (χ1) is 17.1. The van der Waals surface area contributed by atoms with E-state index in [1.54, 1.807) is 48.5 Å². The maximum Gasteiger partial charge on any atom is 0.267 e. The maximum absolute atomic E-state index is 12.8. The van der Waals surface area contributed by atoms with Gasteiger partial charge in [-0.05, 0) is 67.6 Å². The Bertz CT molecular complexity index is 1460. The largest absolute Gasteiger partial charge is 0.494 e. The number of nitrogens with one attached hydrogen (secondary N) is 2. The van der Waals surface area contributed by atoms with E-state index >= 15 is 0 Å². The summed E-state index contributed by atoms with van der Waals surface area (Å²) in [5, 5.41) is 2.65. The van der Waals surface area contributed by atoms with Crippen molar-refractivity contribution in [1.82, 2.24) is 0 Å². The van der Waals surface area contributed by atoms with Crippen LogP contribution in [0.4, 0.5) is 17.1 Å². The summed E-state index contributed by atoms with van der Waals surface area (Å²) in [6.07, 6.45) is -0.0377. The highest BCUT2D eigenvalue weighted by molar-refractivity contribution is 7.92. The molecule has 0 unspecified atom stereocenters. The van der Waals surface area contributed by atoms with Crippen molar-refractivity contribution in [3.8, 4) is 11.5 Å². The normalized spacial score (nSPS) is 15.4. The van der Waals surface area contributed by atoms with Crippen LogP contribution in [-0.4, -0.2) is 48.3 Å². The van der Waals surface area contributed by atoms with E-state index in [-0.39, 0.29) is 17.2 Å². The Morgan fingerprint density at radius 3 is 2.25 bits per heavy atom. The summed E-state index contributed by atoms with van der Waals surface area (Å²) in [5.41, 5.74) is 1.06. The quantitative estimate of drug-likeness (QED) is 0.457. The van der Waals surface area contributed by atoms with Crippen LogP contribution >= 0.6 is 0 Å². The monoisotopic (exact) mass is 531 g/mol. The Labute approximate surface area is 209 Å². The Hall–Kier alpha value is -3.77. The number of hydrogen-bond donors (Lipinski definition) is 2. The Morgan fingerprint density at radius 2 is 1.61 bits per heavy atom. The van der Waals surface area contributed by atoms with Gasteiger partial charge in [-0.3, -0.25) is 13.8 Å². The molecule has 190 valence electrons. The highest BCUT2D eigenvalue weighted by atomic mass is 32.2. The average molecular weight is 532 g/mol. The van der Waals surface area contributed by atoms with E-state index in [1.165, 1.54) is 24.3 Å². The number of amides is 1. The Morgan fingerprint density at radius 1 is 0.972 bits per heavy atom. The highest BCUT2D eigenvalue weighted by Gasteiger charge is 2.34. The van der Waals surface area contributed by atoms with Crippen LogP contribution in [0, 0.1) is 0 Å². The van der Waals surface area contributed by atoms with Crippen LogP contribution in [0.3, 0.4) is 0 Å². The third-order valence-electron chi connectivity index (χ3n) is 5.28. The molecule has 0 radical (unpaired) electrons. The predicted molar refractivity (Wildman–Crippen MR) is 137 cm³/mol. The third-order valence-corrected chi connectivity index (χ3v) is 7.82. The van der Waals surface area contributed by atoms with Crippen LogP contribution in [-0.2, 0) is 24.8 Å². The second kappa shape index (κ2) is 10.1. The molecule has 0 saturated carbocycles. The number of nitrogens with zero attached hydrogens (tertiary/aromatic N) is 1. The number of anilines is 3. The fourth-order valence-electron chi connectivity index (χ4n) is 3.59. The van der Waals surface area contributed by atoms with Gasteiger partial charge < -0.3 is 14.8 Å². The molecular weight excluding hydrogens is 506 g/mol. The van der Waals surface area contributed by atoms with Gasteiger partial charge in [0.05, 0.1) is 30.0 Å². The van der Waals surface area contributed by atoms with Crippen molar-refractivity contribution in [2.45, 2.75) is 17.9 Å². The zero-order valence-electron chi connectivity index (χ0n) is 19.5. The minimum absolute atomic E-state index is 0.000443. The molecule has 36 heavy (non-hydrogen) atoms. The summed E-state index contributed by atoms with van der Waals surface area (Å²) in [5.74, 6) is 0.336. The molecule has 0 saturated heterocycles. The molecule has 1 amide bonds. The standard InChI is InChI=1S/C24H25N3O7S2/c1-3-33-19-12-8-18(9-13-19)26-36(31,32)20-14-10-17(11-15-20)25-24(28)23-16-27(35(2,29)30)21-6-4-5-7-22(21)34-23/h4-15,23,26H,3,16H2,1-2H3,(H,25,28)/t23-/m1/s1. The third kappa shape index (κ3) is 5.71. The topological polar surface area (TPSA) is 131 Å². The zero-order valence-corrected chi connectivity index (χ0v) is 21.2. The fourth-order valence-corrected chi connectivity index (χ4v) is 5.57. The number of para-hydroxylation sites is 2. The van der Waals surface area contributed by atoms with E-state index < -0.39 is 32.1 Å². The Balaban J connectivity index is 1.44. The highest BCUT2D eigenvalue weighted by Crippen LogP contribution is 2.34. The average Bonchev–Trinajstić information content (AvgIpc) is 2.84. The van der Waals surface area contributed by atoms with Gasteiger partial charge in [0.1, 0.15) is 11.5 Å². The van der Waals surface area contributed by atoms with Gasteiger partial charge in [0.2, 0.25) is 10.0 Å². The molecule has 1 aliphatic rings. The number of rotatable bonds is 8. The van der Waals surface area contributed by atoms with Crippen LogP contribution in [0.15, 0.2) is 77.7 Å². The van der Waals surface area contributed by atoms with Crippen molar-refractivity contribution in [1.29, 1.82) is 0 Å². The van der Waals surface area contributed by atoms with E-state index in [0.29, 0.717) is 29.4 Å². The van der Waals surface area contributed by atoms with Gasteiger partial charge in [-0.25, -0.2) is 16.8 Å². The minimum atomic E-state index is -3.86. The summed E-state index contributed by atoms with van der Waals surface area (Å²) in [7, 11) is -7.50. The second-order valence-corrected chi connectivity index (χ2v) is 11.5. The van der Waals surface area contributed by atoms with Gasteiger partial charge in [-0.15, -0.1) is 0 Å². The fraction of sp³-hybridized carbons (Fsp3) is 0.208. The first-order valence-electron chi connectivity index (χ1n) is 11.0. The van der Waals surface area contributed by atoms with Gasteiger partial charge in [0.15, 0.2) is 6.10 Å². The van der Waals surface area contributed by atoms with Crippen molar-refractivity contribution in [3.05, 3.63) is 72.8 Å². The number of fused-ring (bicyclic) bond motifs is 1. The van der Waals surface area contributed by atoms with Crippen LogP contribution in [0.25, 0.3) is 0 Å². The second-order valence-electron chi connectivity index (χ2n) is 7.94. The molecule has 0 spiro atoms. The summed E-state index contributed by atoms with van der Waals surface area (Å²) in [6, 6.07) is 18.7. The number of ether oxygens (including phenoxy) is 2. The smallest absolute Gasteiger partial charge is 0.267 e. The van der Waals surface area contributed by atoms with Gasteiger partial charge in [0, 0.05) is 11.4 Å². The molecule has 10 nitrogen and oxygen atoms in total. The van der Waals surface area contributed by atoms with Crippen molar-refractivity contribution in [2.75, 3.05) is 33.8 Å². The van der Waals surface area contributed by atoms with Crippen LogP contribution in [0.5, 0.6) is 11.5 Å². The molecule has 12 heteroatoms. The van der Waals surface area contributed by atoms with Crippen LogP contribution in [0.2, 0.25) is 0 Å². The first-order valence-corrected chi connectivity index (χ1v) is 14.3. The van der Waals surface area contributed by atoms with Crippen molar-refractivity contribution < 1.29 is 31.1 Å². The molecule has 0 aliphatic carbocycles. The molecule has 1 atom stereocenters. The van der Waals surface area contributed by atoms with Gasteiger partial charge >= 0.3 is 0 Å².